The van der Waals surface area contributed by atoms with E-state index in [0.29, 0.717) is 29.5 Å². The van der Waals surface area contributed by atoms with Gasteiger partial charge in [-0.2, -0.15) is 13.2 Å². The Bertz CT molecular complexity index is 414. The minimum Gasteiger partial charge on any atom is -0.302 e. The molecule has 0 spiro atoms. The van der Waals surface area contributed by atoms with Crippen LogP contribution in [0.3, 0.4) is 0 Å². The van der Waals surface area contributed by atoms with Gasteiger partial charge in [0.15, 0.2) is 0 Å². The molecule has 0 aromatic heterocycles. The summed E-state index contributed by atoms with van der Waals surface area (Å²) in [5.74, 6) is 0. The Morgan fingerprint density at radius 2 is 2.00 bits per heavy atom. The second-order valence-electron chi connectivity index (χ2n) is 4.08. The first-order valence-corrected chi connectivity index (χ1v) is 5.74. The molecule has 2 rings (SSSR count). The minimum atomic E-state index is -4.26. The summed E-state index contributed by atoms with van der Waals surface area (Å²) in [7, 11) is 1.91. The quantitative estimate of drug-likeness (QED) is 0.708. The standard InChI is InChI=1S/C11H11BrF3N/c1-16-3-2-9-7(6-16)4-8(12)5-10(9)11(13,14)15/h4-5H,2-3,6H2,1H3. The number of hydrogen-bond acceptors (Lipinski definition) is 1. The van der Waals surface area contributed by atoms with Crippen molar-refractivity contribution in [3.8, 4) is 0 Å². The fourth-order valence-corrected chi connectivity index (χ4v) is 2.56. The van der Waals surface area contributed by atoms with E-state index in [9.17, 15) is 13.2 Å². The third-order valence-electron chi connectivity index (χ3n) is 2.80. The van der Waals surface area contributed by atoms with E-state index in [1.165, 1.54) is 6.07 Å². The highest BCUT2D eigenvalue weighted by molar-refractivity contribution is 9.10. The van der Waals surface area contributed by atoms with Crippen LogP contribution < -0.4 is 0 Å². The number of likely N-dealkylation sites (N-methyl/N-ethyl adjacent to an activating group) is 1. The lowest BCUT2D eigenvalue weighted by Gasteiger charge is -2.27. The summed E-state index contributed by atoms with van der Waals surface area (Å²) in [6.45, 7) is 1.26. The first kappa shape index (κ1) is 11.9. The maximum atomic E-state index is 12.8. The second kappa shape index (κ2) is 4.04. The summed E-state index contributed by atoms with van der Waals surface area (Å²) in [6, 6.07) is 2.95. The van der Waals surface area contributed by atoms with Gasteiger partial charge >= 0.3 is 6.18 Å². The number of hydrogen-bond donors (Lipinski definition) is 0. The number of alkyl halides is 3. The SMILES string of the molecule is CN1CCc2c(cc(Br)cc2C(F)(F)F)C1. The average Bonchev–Trinajstić information content (AvgIpc) is 2.14. The lowest BCUT2D eigenvalue weighted by molar-refractivity contribution is -0.138. The molecule has 1 heterocycles. The van der Waals surface area contributed by atoms with E-state index in [1.807, 2.05) is 11.9 Å². The van der Waals surface area contributed by atoms with Crippen LogP contribution in [0.2, 0.25) is 0 Å². The topological polar surface area (TPSA) is 3.24 Å². The Kier molecular flexibility index (Phi) is 3.01. The molecule has 16 heavy (non-hydrogen) atoms. The van der Waals surface area contributed by atoms with E-state index >= 15 is 0 Å². The molecule has 1 aromatic rings. The predicted octanol–water partition coefficient (Wildman–Crippen LogP) is 3.46. The monoisotopic (exact) mass is 293 g/mol. The van der Waals surface area contributed by atoms with Gasteiger partial charge in [0.2, 0.25) is 0 Å². The van der Waals surface area contributed by atoms with E-state index < -0.39 is 11.7 Å². The van der Waals surface area contributed by atoms with Gasteiger partial charge in [0.25, 0.3) is 0 Å². The summed E-state index contributed by atoms with van der Waals surface area (Å²) in [5.41, 5.74) is 0.731. The van der Waals surface area contributed by atoms with Gasteiger partial charge in [-0.05, 0) is 36.7 Å². The van der Waals surface area contributed by atoms with Crippen LogP contribution in [0.5, 0.6) is 0 Å². The van der Waals surface area contributed by atoms with Crippen molar-refractivity contribution in [1.82, 2.24) is 4.90 Å². The Balaban J connectivity index is 2.54. The molecule has 88 valence electrons. The molecule has 1 nitrogen and oxygen atoms in total. The molecule has 0 amide bonds. The molecule has 1 aliphatic heterocycles. The smallest absolute Gasteiger partial charge is 0.302 e. The molecule has 0 saturated carbocycles. The Morgan fingerprint density at radius 1 is 1.31 bits per heavy atom. The van der Waals surface area contributed by atoms with Crippen LogP contribution in [-0.2, 0) is 19.1 Å². The van der Waals surface area contributed by atoms with Gasteiger partial charge in [-0.15, -0.1) is 0 Å². The van der Waals surface area contributed by atoms with Gasteiger partial charge in [0.1, 0.15) is 0 Å². The zero-order valence-corrected chi connectivity index (χ0v) is 10.3. The Hall–Kier alpha value is -0.550. The number of rotatable bonds is 0. The van der Waals surface area contributed by atoms with E-state index in [0.717, 1.165) is 5.56 Å². The van der Waals surface area contributed by atoms with E-state index in [1.54, 1.807) is 6.07 Å². The molecule has 0 N–H and O–H groups in total. The first-order chi connectivity index (χ1) is 7.38. The van der Waals surface area contributed by atoms with E-state index in [2.05, 4.69) is 15.9 Å². The maximum absolute atomic E-state index is 12.8. The van der Waals surface area contributed by atoms with E-state index in [-0.39, 0.29) is 0 Å². The minimum absolute atomic E-state index is 0.453. The van der Waals surface area contributed by atoms with Crippen molar-refractivity contribution in [2.45, 2.75) is 19.1 Å². The van der Waals surface area contributed by atoms with Gasteiger partial charge in [-0.1, -0.05) is 15.9 Å². The highest BCUT2D eigenvalue weighted by Crippen LogP contribution is 2.37. The molecule has 0 radical (unpaired) electrons. The molecule has 0 fully saturated rings. The maximum Gasteiger partial charge on any atom is 0.416 e. The van der Waals surface area contributed by atoms with Crippen molar-refractivity contribution in [3.05, 3.63) is 33.3 Å². The molecule has 1 aliphatic rings. The third-order valence-corrected chi connectivity index (χ3v) is 3.25. The molecule has 0 aliphatic carbocycles. The van der Waals surface area contributed by atoms with Crippen molar-refractivity contribution >= 4 is 15.9 Å². The number of halogens is 4. The van der Waals surface area contributed by atoms with E-state index in [4.69, 9.17) is 0 Å². The molecule has 0 unspecified atom stereocenters. The predicted molar refractivity (Wildman–Crippen MR) is 59.2 cm³/mol. The zero-order chi connectivity index (χ0) is 11.9. The Morgan fingerprint density at radius 3 is 2.62 bits per heavy atom. The summed E-state index contributed by atoms with van der Waals surface area (Å²) in [4.78, 5) is 2.02. The molecular weight excluding hydrogens is 283 g/mol. The van der Waals surface area contributed by atoms with Crippen molar-refractivity contribution in [3.63, 3.8) is 0 Å². The lowest BCUT2D eigenvalue weighted by atomic mass is 9.94. The normalized spacial score (nSPS) is 17.3. The van der Waals surface area contributed by atoms with Crippen molar-refractivity contribution in [2.24, 2.45) is 0 Å². The highest BCUT2D eigenvalue weighted by Gasteiger charge is 2.35. The molecular formula is C11H11BrF3N. The third kappa shape index (κ3) is 2.25. The van der Waals surface area contributed by atoms with Crippen LogP contribution in [0.4, 0.5) is 13.2 Å². The molecule has 1 aromatic carbocycles. The number of benzene rings is 1. The van der Waals surface area contributed by atoms with Gasteiger partial charge in [0.05, 0.1) is 5.56 Å². The van der Waals surface area contributed by atoms with Gasteiger partial charge in [-0.3, -0.25) is 0 Å². The highest BCUT2D eigenvalue weighted by atomic mass is 79.9. The van der Waals surface area contributed by atoms with Crippen molar-refractivity contribution < 1.29 is 13.2 Å². The fourth-order valence-electron chi connectivity index (χ4n) is 2.05. The molecule has 5 heteroatoms. The second-order valence-corrected chi connectivity index (χ2v) is 4.99. The zero-order valence-electron chi connectivity index (χ0n) is 8.74. The lowest BCUT2D eigenvalue weighted by Crippen LogP contribution is -2.28. The summed E-state index contributed by atoms with van der Waals surface area (Å²) >= 11 is 3.14. The van der Waals surface area contributed by atoms with Gasteiger partial charge < -0.3 is 4.90 Å². The van der Waals surface area contributed by atoms with Crippen LogP contribution in [0.1, 0.15) is 16.7 Å². The van der Waals surface area contributed by atoms with Gasteiger partial charge in [-0.25, -0.2) is 0 Å². The van der Waals surface area contributed by atoms with Crippen LogP contribution >= 0.6 is 15.9 Å². The summed E-state index contributed by atoms with van der Waals surface area (Å²) in [6.07, 6.45) is -3.79. The van der Waals surface area contributed by atoms with Gasteiger partial charge in [0, 0.05) is 17.6 Å². The molecule has 0 saturated heterocycles. The summed E-state index contributed by atoms with van der Waals surface area (Å²) in [5, 5.41) is 0. The molecule has 0 atom stereocenters. The molecule has 0 bridgehead atoms. The fraction of sp³-hybridized carbons (Fsp3) is 0.455. The number of fused-ring (bicyclic) bond motifs is 1. The van der Waals surface area contributed by atoms with Crippen LogP contribution in [0.25, 0.3) is 0 Å². The average molecular weight is 294 g/mol. The number of nitrogens with zero attached hydrogens (tertiary/aromatic N) is 1. The van der Waals surface area contributed by atoms with Crippen molar-refractivity contribution in [2.75, 3.05) is 13.6 Å². The van der Waals surface area contributed by atoms with Crippen LogP contribution in [0.15, 0.2) is 16.6 Å². The van der Waals surface area contributed by atoms with Crippen molar-refractivity contribution in [1.29, 1.82) is 0 Å². The van der Waals surface area contributed by atoms with Crippen LogP contribution in [-0.4, -0.2) is 18.5 Å². The summed E-state index contributed by atoms with van der Waals surface area (Å²) < 4.78 is 38.9. The van der Waals surface area contributed by atoms with Crippen LogP contribution in [0, 0.1) is 0 Å². The Labute approximate surface area is 100 Å². The largest absolute Gasteiger partial charge is 0.416 e. The first-order valence-electron chi connectivity index (χ1n) is 4.95.